The zero-order chi connectivity index (χ0) is 29.3. The smallest absolute Gasteiger partial charge is 0.167 e. The van der Waals surface area contributed by atoms with Gasteiger partial charge in [-0.25, -0.2) is 26.3 Å². The lowest BCUT2D eigenvalue weighted by Crippen LogP contribution is -2.01. The molecule has 0 radical (unpaired) electrons. The molecule has 212 valence electrons. The Hall–Kier alpha value is -3.80. The highest BCUT2D eigenvalue weighted by Gasteiger charge is 2.32. The fraction of sp³-hybridized carbons (Fsp3) is 0.257. The summed E-state index contributed by atoms with van der Waals surface area (Å²) in [4.78, 5) is 0. The van der Waals surface area contributed by atoms with Crippen molar-refractivity contribution in [1.29, 1.82) is 0 Å². The monoisotopic (exact) mass is 564 g/mol. The van der Waals surface area contributed by atoms with E-state index in [1.807, 2.05) is 13.0 Å². The number of unbranched alkanes of at least 4 members (excludes halogenated alkanes) is 2. The molecule has 0 heterocycles. The van der Waals surface area contributed by atoms with Gasteiger partial charge in [-0.3, -0.25) is 0 Å². The van der Waals surface area contributed by atoms with Gasteiger partial charge in [-0.1, -0.05) is 75.6 Å². The van der Waals surface area contributed by atoms with E-state index in [1.165, 1.54) is 36.4 Å². The average Bonchev–Trinajstić information content (AvgIpc) is 3.32. The fourth-order valence-electron chi connectivity index (χ4n) is 5.57. The molecule has 0 saturated heterocycles. The van der Waals surface area contributed by atoms with E-state index in [-0.39, 0.29) is 45.6 Å². The van der Waals surface area contributed by atoms with Crippen LogP contribution in [0.2, 0.25) is 0 Å². The van der Waals surface area contributed by atoms with Crippen molar-refractivity contribution in [2.75, 3.05) is 0 Å². The van der Waals surface area contributed by atoms with E-state index in [0.717, 1.165) is 37.3 Å². The lowest BCUT2D eigenvalue weighted by molar-refractivity contribution is 0.495. The molecule has 0 N–H and O–H groups in total. The van der Waals surface area contributed by atoms with Gasteiger partial charge < -0.3 is 0 Å². The topological polar surface area (TPSA) is 0 Å². The Morgan fingerprint density at radius 2 is 1.34 bits per heavy atom. The summed E-state index contributed by atoms with van der Waals surface area (Å²) in [5, 5.41) is 0. The lowest BCUT2D eigenvalue weighted by Gasteiger charge is -2.12. The maximum Gasteiger partial charge on any atom is 0.167 e. The lowest BCUT2D eigenvalue weighted by atomic mass is 9.95. The molecule has 0 fully saturated rings. The zero-order valence-corrected chi connectivity index (χ0v) is 23.0. The van der Waals surface area contributed by atoms with Crippen LogP contribution >= 0.6 is 0 Å². The summed E-state index contributed by atoms with van der Waals surface area (Å²) in [6.45, 7) is 3.94. The minimum atomic E-state index is -1.34. The molecule has 0 spiro atoms. The van der Waals surface area contributed by atoms with Crippen LogP contribution in [0.5, 0.6) is 0 Å². The zero-order valence-electron chi connectivity index (χ0n) is 23.0. The van der Waals surface area contributed by atoms with E-state index in [9.17, 15) is 13.2 Å². The molecule has 0 amide bonds. The van der Waals surface area contributed by atoms with Crippen LogP contribution < -0.4 is 0 Å². The standard InChI is InChI=1S/C35H30F6/c1-3-5-6-8-20-9-12-22(28(36)15-20)13-10-21-11-14-26(29(37)16-21)27-19-25-18-24-17-23(7-4-2)32(38)34(40)30(24)31(25)35(41)33(27)39/h9-17,19H,3-8,18H2,1-2H3. The molecule has 4 aromatic carbocycles. The van der Waals surface area contributed by atoms with Gasteiger partial charge >= 0.3 is 0 Å². The van der Waals surface area contributed by atoms with Crippen LogP contribution in [0, 0.1) is 34.9 Å². The minimum absolute atomic E-state index is 0.0776. The van der Waals surface area contributed by atoms with Crippen molar-refractivity contribution in [2.45, 2.75) is 58.8 Å². The van der Waals surface area contributed by atoms with Crippen LogP contribution in [0.15, 0.2) is 48.5 Å². The van der Waals surface area contributed by atoms with E-state index in [1.54, 1.807) is 12.1 Å². The van der Waals surface area contributed by atoms with Crippen molar-refractivity contribution in [3.63, 3.8) is 0 Å². The summed E-state index contributed by atoms with van der Waals surface area (Å²) in [5.74, 6) is -6.09. The van der Waals surface area contributed by atoms with Gasteiger partial charge in [-0.2, -0.15) is 0 Å². The maximum atomic E-state index is 15.3. The maximum absolute atomic E-state index is 15.3. The third-order valence-corrected chi connectivity index (χ3v) is 7.67. The number of aryl methyl sites for hydroxylation is 2. The molecule has 41 heavy (non-hydrogen) atoms. The van der Waals surface area contributed by atoms with Crippen LogP contribution in [0.4, 0.5) is 26.3 Å². The van der Waals surface area contributed by atoms with Crippen molar-refractivity contribution in [2.24, 2.45) is 0 Å². The van der Waals surface area contributed by atoms with Crippen LogP contribution in [0.25, 0.3) is 34.4 Å². The van der Waals surface area contributed by atoms with E-state index in [4.69, 9.17) is 0 Å². The Bertz CT molecular complexity index is 1650. The van der Waals surface area contributed by atoms with Crippen molar-refractivity contribution >= 4 is 12.2 Å². The molecule has 0 unspecified atom stereocenters. The molecule has 1 aliphatic rings. The minimum Gasteiger partial charge on any atom is -0.206 e. The largest absolute Gasteiger partial charge is 0.206 e. The molecule has 0 aromatic heterocycles. The predicted molar refractivity (Wildman–Crippen MR) is 152 cm³/mol. The molecule has 6 heteroatoms. The molecule has 0 atom stereocenters. The Labute approximate surface area is 236 Å². The summed E-state index contributed by atoms with van der Waals surface area (Å²) in [6.07, 6.45) is 8.04. The second-order valence-corrected chi connectivity index (χ2v) is 10.6. The first-order valence-electron chi connectivity index (χ1n) is 14.0. The van der Waals surface area contributed by atoms with Crippen molar-refractivity contribution in [3.05, 3.63) is 117 Å². The van der Waals surface area contributed by atoms with Crippen molar-refractivity contribution in [3.8, 4) is 22.3 Å². The highest BCUT2D eigenvalue weighted by molar-refractivity contribution is 5.82. The van der Waals surface area contributed by atoms with E-state index >= 15 is 13.2 Å². The molecule has 5 rings (SSSR count). The molecule has 1 aliphatic carbocycles. The van der Waals surface area contributed by atoms with Gasteiger partial charge in [-0.05, 0) is 71.7 Å². The van der Waals surface area contributed by atoms with Gasteiger partial charge in [0.1, 0.15) is 11.6 Å². The summed E-state index contributed by atoms with van der Waals surface area (Å²) < 4.78 is 90.0. The number of halogens is 6. The van der Waals surface area contributed by atoms with Crippen LogP contribution in [0.3, 0.4) is 0 Å². The first kappa shape index (κ1) is 28.7. The number of hydrogen-bond donors (Lipinski definition) is 0. The van der Waals surface area contributed by atoms with E-state index in [2.05, 4.69) is 6.92 Å². The highest BCUT2D eigenvalue weighted by Crippen LogP contribution is 2.45. The number of benzene rings is 4. The van der Waals surface area contributed by atoms with Gasteiger partial charge in [0.15, 0.2) is 23.3 Å². The quantitative estimate of drug-likeness (QED) is 0.0949. The normalized spacial score (nSPS) is 12.3. The molecule has 0 aliphatic heterocycles. The van der Waals surface area contributed by atoms with Crippen LogP contribution in [0.1, 0.15) is 72.9 Å². The Kier molecular flexibility index (Phi) is 8.39. The third kappa shape index (κ3) is 5.57. The van der Waals surface area contributed by atoms with Crippen LogP contribution in [-0.2, 0) is 19.3 Å². The number of hydrogen-bond acceptors (Lipinski definition) is 0. The Morgan fingerprint density at radius 3 is 2.02 bits per heavy atom. The summed E-state index contributed by atoms with van der Waals surface area (Å²) in [6, 6.07) is 11.9. The van der Waals surface area contributed by atoms with Gasteiger partial charge in [0.2, 0.25) is 0 Å². The van der Waals surface area contributed by atoms with Gasteiger partial charge in [0.25, 0.3) is 0 Å². The van der Waals surface area contributed by atoms with Crippen molar-refractivity contribution in [1.82, 2.24) is 0 Å². The van der Waals surface area contributed by atoms with Crippen LogP contribution in [-0.4, -0.2) is 0 Å². The summed E-state index contributed by atoms with van der Waals surface area (Å²) in [7, 11) is 0. The third-order valence-electron chi connectivity index (χ3n) is 7.67. The molecule has 4 aromatic rings. The summed E-state index contributed by atoms with van der Waals surface area (Å²) >= 11 is 0. The molecular weight excluding hydrogens is 534 g/mol. The molecule has 0 bridgehead atoms. The number of fused-ring (bicyclic) bond motifs is 3. The van der Waals surface area contributed by atoms with Gasteiger partial charge in [-0.15, -0.1) is 0 Å². The predicted octanol–water partition coefficient (Wildman–Crippen LogP) is 10.6. The first-order chi connectivity index (χ1) is 19.7. The average molecular weight is 565 g/mol. The van der Waals surface area contributed by atoms with Crippen molar-refractivity contribution < 1.29 is 26.3 Å². The summed E-state index contributed by atoms with van der Waals surface area (Å²) in [5.41, 5.74) is 1.44. The Morgan fingerprint density at radius 1 is 0.610 bits per heavy atom. The first-order valence-corrected chi connectivity index (χ1v) is 14.0. The Balaban J connectivity index is 1.43. The van der Waals surface area contributed by atoms with Gasteiger partial charge in [0, 0.05) is 27.8 Å². The molecule has 0 nitrogen and oxygen atoms in total. The number of rotatable bonds is 9. The molecular formula is C35H30F6. The van der Waals surface area contributed by atoms with E-state index in [0.29, 0.717) is 29.5 Å². The fourth-order valence-corrected chi connectivity index (χ4v) is 5.57. The SMILES string of the molecule is CCCCCc1ccc(C=Cc2ccc(-c3cc4c(c(F)c3F)-c3c(cc(CCC)c(F)c3F)C4)c(F)c2)c(F)c1. The highest BCUT2D eigenvalue weighted by atomic mass is 19.2. The molecule has 0 saturated carbocycles. The van der Waals surface area contributed by atoms with Gasteiger partial charge in [0.05, 0.1) is 0 Å². The van der Waals surface area contributed by atoms with E-state index < -0.39 is 29.1 Å². The second kappa shape index (κ2) is 12.0. The second-order valence-electron chi connectivity index (χ2n) is 10.6.